The quantitative estimate of drug-likeness (QED) is 0.0545. The number of aromatic nitrogens is 4. The second-order valence-corrected chi connectivity index (χ2v) is 19.8. The molecule has 0 bridgehead atoms. The lowest BCUT2D eigenvalue weighted by Crippen LogP contribution is -2.17. The number of nitrogen functional groups attached to an aromatic ring is 1. The molecular formula is C30H54N5O4PSSi. The average Bonchev–Trinajstić information content (AvgIpc) is 3.34. The van der Waals surface area contributed by atoms with E-state index in [2.05, 4.69) is 46.1 Å². The van der Waals surface area contributed by atoms with Gasteiger partial charge in [-0.25, -0.2) is 15.0 Å². The number of nitrogens with two attached hydrogens (primary N) is 1. The summed E-state index contributed by atoms with van der Waals surface area (Å²) in [5.74, 6) is 5.45. The Morgan fingerprint density at radius 3 is 2.24 bits per heavy atom. The highest BCUT2D eigenvalue weighted by molar-refractivity contribution is 7.99. The molecule has 0 saturated heterocycles. The summed E-state index contributed by atoms with van der Waals surface area (Å²) in [5, 5.41) is 0. The minimum atomic E-state index is -3.80. The molecule has 2 heterocycles. The normalized spacial score (nSPS) is 14.0. The van der Waals surface area contributed by atoms with E-state index in [1.54, 1.807) is 22.7 Å². The van der Waals surface area contributed by atoms with Crippen molar-refractivity contribution in [3.63, 3.8) is 0 Å². The van der Waals surface area contributed by atoms with Gasteiger partial charge in [-0.3, -0.25) is 4.57 Å². The number of hydrogen-bond donors (Lipinski definition) is 2. The fourth-order valence-corrected chi connectivity index (χ4v) is 6.96. The Hall–Kier alpha value is -1.41. The fraction of sp³-hybridized carbons (Fsp3) is 0.767. The number of rotatable bonds is 23. The number of imidazole rings is 1. The SMILES string of the molecule is C[C@H](Cn1cnc2c(N)ncnc21)OCP(=O)(O)OCCSCCCCCCCCCCCCCCC#C[Si](C)(C)C. The van der Waals surface area contributed by atoms with E-state index >= 15 is 0 Å². The number of anilines is 1. The molecule has 1 unspecified atom stereocenters. The van der Waals surface area contributed by atoms with Crippen LogP contribution in [-0.2, 0) is 20.4 Å². The zero-order valence-corrected chi connectivity index (χ0v) is 29.1. The van der Waals surface area contributed by atoms with Gasteiger partial charge in [-0.05, 0) is 25.5 Å². The number of unbranched alkanes of at least 4 members (excludes halogenated alkanes) is 12. The summed E-state index contributed by atoms with van der Waals surface area (Å²) in [6.07, 6.45) is 19.2. The molecule has 0 aliphatic carbocycles. The van der Waals surface area contributed by atoms with E-state index < -0.39 is 15.7 Å². The molecule has 238 valence electrons. The van der Waals surface area contributed by atoms with Crippen molar-refractivity contribution in [3.05, 3.63) is 12.7 Å². The molecule has 0 aliphatic rings. The van der Waals surface area contributed by atoms with Gasteiger partial charge in [0, 0.05) is 12.2 Å². The van der Waals surface area contributed by atoms with Crippen LogP contribution in [-0.4, -0.2) is 63.1 Å². The minimum Gasteiger partial charge on any atom is -0.382 e. The summed E-state index contributed by atoms with van der Waals surface area (Å²) < 4.78 is 24.9. The third-order valence-corrected chi connectivity index (χ3v) is 9.75. The van der Waals surface area contributed by atoms with Crippen LogP contribution in [0.15, 0.2) is 12.7 Å². The van der Waals surface area contributed by atoms with E-state index in [1.807, 2.05) is 6.92 Å². The third kappa shape index (κ3) is 17.0. The molecule has 0 fully saturated rings. The molecule has 42 heavy (non-hydrogen) atoms. The van der Waals surface area contributed by atoms with Crippen LogP contribution in [0.1, 0.15) is 90.4 Å². The number of thioether (sulfide) groups is 1. The topological polar surface area (TPSA) is 125 Å². The Morgan fingerprint density at radius 2 is 1.60 bits per heavy atom. The predicted octanol–water partition coefficient (Wildman–Crippen LogP) is 7.66. The Labute approximate surface area is 259 Å². The lowest BCUT2D eigenvalue weighted by molar-refractivity contribution is 0.0724. The van der Waals surface area contributed by atoms with Crippen LogP contribution in [0.2, 0.25) is 19.6 Å². The zero-order chi connectivity index (χ0) is 30.7. The lowest BCUT2D eigenvalue weighted by atomic mass is 10.0. The number of nitrogens with zero attached hydrogens (tertiary/aromatic N) is 4. The van der Waals surface area contributed by atoms with Gasteiger partial charge >= 0.3 is 7.60 Å². The van der Waals surface area contributed by atoms with Crippen LogP contribution < -0.4 is 5.73 Å². The van der Waals surface area contributed by atoms with Crippen molar-refractivity contribution < 1.29 is 18.7 Å². The first-order valence-corrected chi connectivity index (χ1v) is 22.1. The first-order chi connectivity index (χ1) is 20.1. The number of ether oxygens (including phenoxy) is 1. The molecule has 3 N–H and O–H groups in total. The van der Waals surface area contributed by atoms with Gasteiger partial charge in [0.05, 0.1) is 25.6 Å². The summed E-state index contributed by atoms with van der Waals surface area (Å²) in [5.41, 5.74) is 10.4. The highest BCUT2D eigenvalue weighted by Crippen LogP contribution is 2.42. The van der Waals surface area contributed by atoms with E-state index in [4.69, 9.17) is 15.0 Å². The fourth-order valence-electron chi connectivity index (χ4n) is 4.47. The minimum absolute atomic E-state index is 0.241. The Bertz CT molecular complexity index is 1130. The van der Waals surface area contributed by atoms with E-state index in [0.717, 1.165) is 12.2 Å². The maximum atomic E-state index is 12.3. The maximum absolute atomic E-state index is 12.3. The van der Waals surface area contributed by atoms with E-state index in [1.165, 1.54) is 83.4 Å². The van der Waals surface area contributed by atoms with E-state index in [-0.39, 0.29) is 19.1 Å². The highest BCUT2D eigenvalue weighted by Gasteiger charge is 2.21. The predicted molar refractivity (Wildman–Crippen MR) is 179 cm³/mol. The van der Waals surface area contributed by atoms with Gasteiger partial charge in [0.15, 0.2) is 11.5 Å². The molecule has 0 spiro atoms. The van der Waals surface area contributed by atoms with Crippen LogP contribution in [0.3, 0.4) is 0 Å². The smallest absolute Gasteiger partial charge is 0.353 e. The van der Waals surface area contributed by atoms with Gasteiger partial charge < -0.3 is 24.5 Å². The molecule has 9 nitrogen and oxygen atoms in total. The van der Waals surface area contributed by atoms with E-state index in [0.29, 0.717) is 29.3 Å². The zero-order valence-electron chi connectivity index (χ0n) is 26.4. The van der Waals surface area contributed by atoms with Gasteiger partial charge in [0.2, 0.25) is 0 Å². The molecule has 0 aliphatic heterocycles. The third-order valence-electron chi connectivity index (χ3n) is 6.73. The second-order valence-electron chi connectivity index (χ2n) is 12.1. The molecule has 2 atom stereocenters. The monoisotopic (exact) mass is 639 g/mol. The molecule has 0 amide bonds. The van der Waals surface area contributed by atoms with Crippen LogP contribution >= 0.6 is 19.4 Å². The summed E-state index contributed by atoms with van der Waals surface area (Å²) in [6, 6.07) is 0. The van der Waals surface area contributed by atoms with Crippen molar-refractivity contribution in [1.29, 1.82) is 0 Å². The summed E-state index contributed by atoms with van der Waals surface area (Å²) in [4.78, 5) is 22.5. The highest BCUT2D eigenvalue weighted by atomic mass is 32.2. The number of hydrogen-bond acceptors (Lipinski definition) is 8. The first kappa shape index (κ1) is 36.8. The van der Waals surface area contributed by atoms with Gasteiger partial charge in [-0.15, -0.1) is 11.5 Å². The van der Waals surface area contributed by atoms with Crippen LogP contribution in [0, 0.1) is 11.5 Å². The maximum Gasteiger partial charge on any atom is 0.353 e. The van der Waals surface area contributed by atoms with Crippen molar-refractivity contribution in [1.82, 2.24) is 19.5 Å². The molecular weight excluding hydrogens is 585 g/mol. The standard InChI is InChI=1S/C30H54N5O4PSSi/c1-27(23-35-25-34-28-29(31)32-24-33-30(28)35)38-26-40(36,37)39-19-21-41-20-17-15-13-11-9-7-5-6-8-10-12-14-16-18-22-42(2,3)4/h24-25,27H,5-17,19-21,23,26H2,1-4H3,(H,36,37)(H2,31,32,33)/t27-/m1/s1. The molecule has 2 aromatic rings. The van der Waals surface area contributed by atoms with Gasteiger partial charge in [0.1, 0.15) is 26.3 Å². The summed E-state index contributed by atoms with van der Waals surface area (Å²) >= 11 is 1.77. The molecule has 2 rings (SSSR count). The lowest BCUT2D eigenvalue weighted by Gasteiger charge is -2.17. The Balaban J connectivity index is 1.36. The largest absolute Gasteiger partial charge is 0.382 e. The summed E-state index contributed by atoms with van der Waals surface area (Å²) in [7, 11) is -4.99. The van der Waals surface area contributed by atoms with Crippen LogP contribution in [0.25, 0.3) is 11.2 Å². The summed E-state index contributed by atoms with van der Waals surface area (Å²) in [6.45, 7) is 9.40. The van der Waals surface area contributed by atoms with Crippen LogP contribution in [0.4, 0.5) is 5.82 Å². The van der Waals surface area contributed by atoms with Gasteiger partial charge in [-0.1, -0.05) is 83.8 Å². The molecule has 0 radical (unpaired) electrons. The second kappa shape index (κ2) is 20.5. The Kier molecular flexibility index (Phi) is 18.0. The molecule has 2 aromatic heterocycles. The van der Waals surface area contributed by atoms with Crippen molar-refractivity contribution >= 4 is 44.4 Å². The molecule has 0 saturated carbocycles. The van der Waals surface area contributed by atoms with Crippen molar-refractivity contribution in [3.8, 4) is 11.5 Å². The number of fused-ring (bicyclic) bond motifs is 1. The first-order valence-electron chi connectivity index (χ1n) is 15.6. The van der Waals surface area contributed by atoms with Crippen molar-refractivity contribution in [2.75, 3.05) is 30.2 Å². The molecule has 0 aromatic carbocycles. The van der Waals surface area contributed by atoms with Crippen molar-refractivity contribution in [2.24, 2.45) is 0 Å². The van der Waals surface area contributed by atoms with E-state index in [9.17, 15) is 9.46 Å². The Morgan fingerprint density at radius 1 is 0.976 bits per heavy atom. The van der Waals surface area contributed by atoms with Crippen molar-refractivity contribution in [2.45, 2.75) is 123 Å². The van der Waals surface area contributed by atoms with Crippen LogP contribution in [0.5, 0.6) is 0 Å². The average molecular weight is 640 g/mol. The molecule has 12 heteroatoms. The van der Waals surface area contributed by atoms with Gasteiger partial charge in [0.25, 0.3) is 0 Å². The van der Waals surface area contributed by atoms with Gasteiger partial charge in [-0.2, -0.15) is 11.8 Å².